The van der Waals surface area contributed by atoms with Crippen molar-refractivity contribution < 1.29 is 19.7 Å². The average Bonchev–Trinajstić information content (AvgIpc) is 3.46. The minimum atomic E-state index is 0.0812. The molecule has 0 aliphatic rings. The number of ether oxygens (including phenoxy) is 1. The summed E-state index contributed by atoms with van der Waals surface area (Å²) >= 11 is 0. The molecule has 0 unspecified atom stereocenters. The van der Waals surface area contributed by atoms with Crippen LogP contribution in [0.5, 0.6) is 17.2 Å². The summed E-state index contributed by atoms with van der Waals surface area (Å²) in [7, 11) is 0. The van der Waals surface area contributed by atoms with Crippen LogP contribution in [0.4, 0.5) is 0 Å². The molecule has 0 radical (unpaired) electrons. The minimum Gasteiger partial charge on any atom is -0.508 e. The van der Waals surface area contributed by atoms with Crippen molar-refractivity contribution in [1.82, 2.24) is 4.98 Å². The number of allylic oxidation sites excluding steroid dienone is 2. The van der Waals surface area contributed by atoms with Crippen molar-refractivity contribution in [1.29, 1.82) is 0 Å². The molecular weight excluding hydrogens is 522 g/mol. The largest absolute Gasteiger partial charge is 0.508 e. The molecule has 0 aliphatic heterocycles. The lowest BCUT2D eigenvalue weighted by Gasteiger charge is -2.13. The summed E-state index contributed by atoms with van der Waals surface area (Å²) in [6, 6.07) is 18.9. The summed E-state index contributed by atoms with van der Waals surface area (Å²) < 4.78 is 5.99. The number of phenols is 2. The number of rotatable bonds is 17. The molecule has 0 amide bonds. The molecule has 4 rings (SSSR count). The van der Waals surface area contributed by atoms with E-state index in [2.05, 4.69) is 24.9 Å². The van der Waals surface area contributed by atoms with Gasteiger partial charge in [-0.3, -0.25) is 4.79 Å². The van der Waals surface area contributed by atoms with Crippen molar-refractivity contribution in [2.75, 3.05) is 6.61 Å². The second-order valence-electron chi connectivity index (χ2n) is 11.4. The first kappa shape index (κ1) is 31.0. The Morgan fingerprint density at radius 3 is 2.67 bits per heavy atom. The van der Waals surface area contributed by atoms with Crippen LogP contribution >= 0.6 is 0 Å². The second kappa shape index (κ2) is 15.9. The number of hydrogen-bond donors (Lipinski definition) is 3. The van der Waals surface area contributed by atoms with Crippen LogP contribution in [0.25, 0.3) is 22.0 Å². The van der Waals surface area contributed by atoms with E-state index in [4.69, 9.17) is 4.74 Å². The van der Waals surface area contributed by atoms with E-state index >= 15 is 0 Å². The number of phenolic OH excluding ortho intramolecular Hbond substituents is 2. The molecule has 1 atom stereocenters. The van der Waals surface area contributed by atoms with Crippen LogP contribution in [-0.2, 0) is 17.6 Å². The van der Waals surface area contributed by atoms with Crippen LogP contribution in [0.15, 0.2) is 79.0 Å². The number of unbranched alkanes of at least 4 members (excludes halogenated alkanes) is 3. The Balaban J connectivity index is 1.26. The number of H-pyrrole nitrogens is 1. The number of aromatic nitrogens is 1. The van der Waals surface area contributed by atoms with Gasteiger partial charge in [0.25, 0.3) is 0 Å². The Morgan fingerprint density at radius 1 is 0.952 bits per heavy atom. The van der Waals surface area contributed by atoms with Gasteiger partial charge >= 0.3 is 0 Å². The molecule has 3 N–H and O–H groups in total. The first-order valence-corrected chi connectivity index (χ1v) is 15.5. The van der Waals surface area contributed by atoms with E-state index < -0.39 is 0 Å². The van der Waals surface area contributed by atoms with Gasteiger partial charge < -0.3 is 19.9 Å². The van der Waals surface area contributed by atoms with Gasteiger partial charge in [-0.15, -0.1) is 0 Å². The highest BCUT2D eigenvalue weighted by atomic mass is 16.5. The number of benzene rings is 3. The summed E-state index contributed by atoms with van der Waals surface area (Å²) in [5.41, 5.74) is 5.04. The number of fused-ring (bicyclic) bond motifs is 1. The summed E-state index contributed by atoms with van der Waals surface area (Å²) in [6.45, 7) is 4.93. The van der Waals surface area contributed by atoms with E-state index in [0.29, 0.717) is 31.6 Å². The highest BCUT2D eigenvalue weighted by Gasteiger charge is 2.11. The molecule has 5 nitrogen and oxygen atoms in total. The Morgan fingerprint density at radius 2 is 1.81 bits per heavy atom. The Labute approximate surface area is 250 Å². The van der Waals surface area contributed by atoms with Crippen LogP contribution in [0.3, 0.4) is 0 Å². The molecular formula is C37H45NO4. The first-order chi connectivity index (χ1) is 20.4. The van der Waals surface area contributed by atoms with Crippen molar-refractivity contribution >= 4 is 16.7 Å². The quantitative estimate of drug-likeness (QED) is 0.0877. The average molecular weight is 568 g/mol. The fourth-order valence-electron chi connectivity index (χ4n) is 5.41. The molecule has 3 aromatic carbocycles. The summed E-state index contributed by atoms with van der Waals surface area (Å²) in [4.78, 5) is 15.6. The molecule has 0 aliphatic carbocycles. The summed E-state index contributed by atoms with van der Waals surface area (Å²) in [5, 5.41) is 21.7. The zero-order chi connectivity index (χ0) is 29.7. The number of hydrogen-bond acceptors (Lipinski definition) is 4. The molecule has 0 fully saturated rings. The van der Waals surface area contributed by atoms with Crippen molar-refractivity contribution in [3.63, 3.8) is 0 Å². The SMILES string of the molecule is CCCCC[C@H](C)CCC/C=C/C(=O)CCc1ccc(O)c(OCCc2ccc(O)cc2-c2ccc3[nH]ccc3c2)c1. The molecule has 0 saturated heterocycles. The third kappa shape index (κ3) is 9.27. The number of ketones is 1. The number of carbonyl (C=O) groups is 1. The molecule has 42 heavy (non-hydrogen) atoms. The zero-order valence-corrected chi connectivity index (χ0v) is 25.1. The number of aryl methyl sites for hydroxylation is 1. The van der Waals surface area contributed by atoms with Crippen LogP contribution in [-0.4, -0.2) is 27.6 Å². The number of nitrogens with one attached hydrogen (secondary N) is 1. The third-order valence-electron chi connectivity index (χ3n) is 7.94. The second-order valence-corrected chi connectivity index (χ2v) is 11.4. The van der Waals surface area contributed by atoms with Crippen LogP contribution in [0.2, 0.25) is 0 Å². The lowest BCUT2D eigenvalue weighted by Crippen LogP contribution is -2.04. The lowest BCUT2D eigenvalue weighted by molar-refractivity contribution is -0.114. The highest BCUT2D eigenvalue weighted by Crippen LogP contribution is 2.32. The smallest absolute Gasteiger partial charge is 0.161 e. The maximum atomic E-state index is 12.4. The molecule has 1 heterocycles. The normalized spacial score (nSPS) is 12.2. The zero-order valence-electron chi connectivity index (χ0n) is 25.1. The van der Waals surface area contributed by atoms with Crippen LogP contribution < -0.4 is 4.74 Å². The van der Waals surface area contributed by atoms with E-state index in [9.17, 15) is 15.0 Å². The van der Waals surface area contributed by atoms with E-state index in [1.165, 1.54) is 32.1 Å². The van der Waals surface area contributed by atoms with Crippen molar-refractivity contribution in [3.05, 3.63) is 90.1 Å². The number of aromatic amines is 1. The number of aromatic hydroxyl groups is 2. The minimum absolute atomic E-state index is 0.0812. The van der Waals surface area contributed by atoms with Gasteiger partial charge in [0.1, 0.15) is 5.75 Å². The van der Waals surface area contributed by atoms with Crippen molar-refractivity contribution in [3.8, 4) is 28.4 Å². The van der Waals surface area contributed by atoms with Crippen LogP contribution in [0.1, 0.15) is 76.3 Å². The van der Waals surface area contributed by atoms with Gasteiger partial charge in [0.05, 0.1) is 6.61 Å². The predicted molar refractivity (Wildman–Crippen MR) is 172 cm³/mol. The Hall–Kier alpha value is -3.99. The monoisotopic (exact) mass is 567 g/mol. The third-order valence-corrected chi connectivity index (χ3v) is 7.94. The van der Waals surface area contributed by atoms with E-state index in [-0.39, 0.29) is 17.3 Å². The van der Waals surface area contributed by atoms with Crippen LogP contribution in [0, 0.1) is 5.92 Å². The predicted octanol–water partition coefficient (Wildman–Crippen LogP) is 9.31. The van der Waals surface area contributed by atoms with Gasteiger partial charge in [0, 0.05) is 24.6 Å². The standard InChI is InChI=1S/C37H45NO4/c1-3-4-6-9-27(2)10-7-5-8-11-32(39)16-12-28-13-19-36(41)37(24-28)42-23-21-29-14-17-33(40)26-34(29)30-15-18-35-31(25-30)20-22-38-35/h8,11,13-15,17-20,22,24-27,38,40-41H,3-7,9-10,12,16,21,23H2,1-2H3/b11-8+/t27-/m0/s1. The Kier molecular flexibility index (Phi) is 11.7. The lowest BCUT2D eigenvalue weighted by atomic mass is 9.96. The summed E-state index contributed by atoms with van der Waals surface area (Å²) in [5.74, 6) is 1.59. The van der Waals surface area contributed by atoms with Crippen molar-refractivity contribution in [2.24, 2.45) is 5.92 Å². The maximum absolute atomic E-state index is 12.4. The molecule has 0 spiro atoms. The maximum Gasteiger partial charge on any atom is 0.161 e. The molecule has 1 aromatic heterocycles. The first-order valence-electron chi connectivity index (χ1n) is 15.5. The molecule has 5 heteroatoms. The van der Waals surface area contributed by atoms with Gasteiger partial charge in [0.2, 0.25) is 0 Å². The van der Waals surface area contributed by atoms with Gasteiger partial charge in [0.15, 0.2) is 17.3 Å². The van der Waals surface area contributed by atoms with Gasteiger partial charge in [-0.2, -0.15) is 0 Å². The highest BCUT2D eigenvalue weighted by molar-refractivity contribution is 5.89. The Bertz CT molecular complexity index is 1470. The van der Waals surface area contributed by atoms with E-state index in [1.807, 2.05) is 48.7 Å². The topological polar surface area (TPSA) is 82.6 Å². The van der Waals surface area contributed by atoms with Gasteiger partial charge in [-0.05, 0) is 101 Å². The van der Waals surface area contributed by atoms with Crippen molar-refractivity contribution in [2.45, 2.75) is 78.1 Å². The molecule has 0 saturated carbocycles. The summed E-state index contributed by atoms with van der Waals surface area (Å²) in [6.07, 6.45) is 15.8. The molecule has 4 aromatic rings. The fraction of sp³-hybridized carbons (Fsp3) is 0.378. The molecule has 222 valence electrons. The van der Waals surface area contributed by atoms with Gasteiger partial charge in [-0.1, -0.05) is 70.2 Å². The van der Waals surface area contributed by atoms with E-state index in [0.717, 1.165) is 51.9 Å². The molecule has 0 bridgehead atoms. The number of carbonyl (C=O) groups excluding carboxylic acids is 1. The van der Waals surface area contributed by atoms with E-state index in [1.54, 1.807) is 24.3 Å². The van der Waals surface area contributed by atoms with Gasteiger partial charge in [-0.25, -0.2) is 0 Å². The fourth-order valence-corrected chi connectivity index (χ4v) is 5.41.